The monoisotopic (exact) mass is 481 g/mol. The van der Waals surface area contributed by atoms with Crippen LogP contribution in [0.1, 0.15) is 22.9 Å². The number of ether oxygens (including phenoxy) is 2. The van der Waals surface area contributed by atoms with Gasteiger partial charge in [-0.1, -0.05) is 35.9 Å². The smallest absolute Gasteiger partial charge is 0.207 e. The van der Waals surface area contributed by atoms with Crippen LogP contribution in [0, 0.1) is 0 Å². The topological polar surface area (TPSA) is 47.0 Å². The van der Waals surface area contributed by atoms with E-state index in [1.807, 2.05) is 41.4 Å². The molecule has 0 amide bonds. The van der Waals surface area contributed by atoms with Gasteiger partial charge in [0.2, 0.25) is 5.13 Å². The molecule has 0 aliphatic carbocycles. The number of benzene rings is 2. The maximum absolute atomic E-state index is 6.04. The molecule has 0 spiro atoms. The molecule has 0 fully saturated rings. The molecule has 5 nitrogen and oxygen atoms in total. The van der Waals surface area contributed by atoms with Crippen molar-refractivity contribution >= 4 is 45.1 Å². The third-order valence-corrected chi connectivity index (χ3v) is 7.34. The Bertz CT molecular complexity index is 1250. The van der Waals surface area contributed by atoms with Gasteiger partial charge in [0, 0.05) is 22.4 Å². The van der Waals surface area contributed by atoms with E-state index in [1.165, 1.54) is 4.88 Å². The van der Waals surface area contributed by atoms with Crippen molar-refractivity contribution in [2.45, 2.75) is 12.5 Å². The molecule has 32 heavy (non-hydrogen) atoms. The van der Waals surface area contributed by atoms with Gasteiger partial charge in [-0.15, -0.1) is 22.7 Å². The van der Waals surface area contributed by atoms with Crippen LogP contribution < -0.4 is 14.5 Å². The number of methoxy groups -OCH3 is 2. The van der Waals surface area contributed by atoms with Crippen molar-refractivity contribution in [2.75, 3.05) is 19.2 Å². The number of thiazole rings is 1. The van der Waals surface area contributed by atoms with Crippen molar-refractivity contribution in [2.24, 2.45) is 5.10 Å². The van der Waals surface area contributed by atoms with Crippen LogP contribution in [0.4, 0.5) is 5.13 Å². The van der Waals surface area contributed by atoms with Crippen LogP contribution in [0.2, 0.25) is 5.02 Å². The van der Waals surface area contributed by atoms with Gasteiger partial charge in [-0.05, 0) is 41.3 Å². The molecular weight excluding hydrogens is 462 g/mol. The highest BCUT2D eigenvalue weighted by Crippen LogP contribution is 2.42. The molecule has 1 aliphatic rings. The molecule has 2 aromatic heterocycles. The molecule has 0 saturated heterocycles. The van der Waals surface area contributed by atoms with E-state index in [2.05, 4.69) is 29.0 Å². The molecule has 0 unspecified atom stereocenters. The van der Waals surface area contributed by atoms with Gasteiger partial charge in [-0.3, -0.25) is 0 Å². The minimum absolute atomic E-state index is 0.0103. The van der Waals surface area contributed by atoms with Crippen molar-refractivity contribution in [3.63, 3.8) is 0 Å². The fourth-order valence-corrected chi connectivity index (χ4v) is 5.40. The summed E-state index contributed by atoms with van der Waals surface area (Å²) < 4.78 is 11.0. The highest BCUT2D eigenvalue weighted by Gasteiger charge is 2.32. The summed E-state index contributed by atoms with van der Waals surface area (Å²) in [4.78, 5) is 6.08. The lowest BCUT2D eigenvalue weighted by Crippen LogP contribution is -2.18. The second-order valence-corrected chi connectivity index (χ2v) is 9.45. The average Bonchev–Trinajstić information content (AvgIpc) is 3.59. The van der Waals surface area contributed by atoms with Gasteiger partial charge in [0.05, 0.1) is 36.5 Å². The number of hydrogen-bond donors (Lipinski definition) is 0. The molecule has 5 rings (SSSR count). The fourth-order valence-electron chi connectivity index (χ4n) is 3.72. The number of anilines is 1. The van der Waals surface area contributed by atoms with Crippen LogP contribution in [0.5, 0.6) is 11.5 Å². The van der Waals surface area contributed by atoms with Crippen molar-refractivity contribution in [1.29, 1.82) is 0 Å². The number of thiophene rings is 1. The number of aromatic nitrogens is 1. The highest BCUT2D eigenvalue weighted by atomic mass is 35.5. The summed E-state index contributed by atoms with van der Waals surface area (Å²) in [5.74, 6) is 1.41. The summed E-state index contributed by atoms with van der Waals surface area (Å²) in [6, 6.07) is 17.9. The highest BCUT2D eigenvalue weighted by molar-refractivity contribution is 7.14. The zero-order valence-corrected chi connectivity index (χ0v) is 19.9. The molecule has 2 aromatic carbocycles. The fraction of sp³-hybridized carbons (Fsp3) is 0.167. The Balaban J connectivity index is 1.53. The lowest BCUT2D eigenvalue weighted by atomic mass is 10.0. The first-order chi connectivity index (χ1) is 15.7. The van der Waals surface area contributed by atoms with Gasteiger partial charge in [0.15, 0.2) is 11.5 Å². The number of rotatable bonds is 6. The maximum atomic E-state index is 6.04. The zero-order valence-electron chi connectivity index (χ0n) is 17.5. The summed E-state index contributed by atoms with van der Waals surface area (Å²) in [6.07, 6.45) is 0.784. The van der Waals surface area contributed by atoms with Crippen LogP contribution >= 0.6 is 34.3 Å². The van der Waals surface area contributed by atoms with Crippen LogP contribution in [0.3, 0.4) is 0 Å². The normalized spacial score (nSPS) is 15.7. The summed E-state index contributed by atoms with van der Waals surface area (Å²) in [5, 5.41) is 12.7. The van der Waals surface area contributed by atoms with Gasteiger partial charge < -0.3 is 9.47 Å². The van der Waals surface area contributed by atoms with E-state index in [4.69, 9.17) is 31.2 Å². The van der Waals surface area contributed by atoms with Gasteiger partial charge in [-0.2, -0.15) is 5.10 Å². The van der Waals surface area contributed by atoms with Gasteiger partial charge in [0.1, 0.15) is 0 Å². The lowest BCUT2D eigenvalue weighted by Gasteiger charge is -2.22. The first-order valence-electron chi connectivity index (χ1n) is 10.00. The van der Waals surface area contributed by atoms with Crippen molar-refractivity contribution in [1.82, 2.24) is 4.98 Å². The SMILES string of the molecule is COc1ccc([C@@H]2CC(c3cccs3)=NN2c2nc(-c3ccc(Cl)cc3)cs2)cc1OC. The predicted molar refractivity (Wildman–Crippen MR) is 133 cm³/mol. The molecular formula is C24H20ClN3O2S2. The summed E-state index contributed by atoms with van der Waals surface area (Å²) in [5.41, 5.74) is 4.10. The molecule has 0 saturated carbocycles. The van der Waals surface area contributed by atoms with Crippen LogP contribution in [0.25, 0.3) is 11.3 Å². The number of nitrogens with zero attached hydrogens (tertiary/aromatic N) is 3. The third kappa shape index (κ3) is 3.99. The van der Waals surface area contributed by atoms with Crippen LogP contribution in [-0.4, -0.2) is 24.9 Å². The second kappa shape index (κ2) is 8.94. The number of hydrazone groups is 1. The van der Waals surface area contributed by atoms with E-state index in [0.29, 0.717) is 16.5 Å². The summed E-state index contributed by atoms with van der Waals surface area (Å²) in [6.45, 7) is 0. The second-order valence-electron chi connectivity index (χ2n) is 7.23. The largest absolute Gasteiger partial charge is 0.493 e. The summed E-state index contributed by atoms with van der Waals surface area (Å²) in [7, 11) is 3.30. The minimum Gasteiger partial charge on any atom is -0.493 e. The molecule has 1 aliphatic heterocycles. The van der Waals surface area contributed by atoms with E-state index < -0.39 is 0 Å². The molecule has 0 radical (unpaired) electrons. The van der Waals surface area contributed by atoms with Gasteiger partial charge in [0.25, 0.3) is 0 Å². The Morgan fingerprint density at radius 2 is 1.81 bits per heavy atom. The average molecular weight is 482 g/mol. The Morgan fingerprint density at radius 3 is 2.53 bits per heavy atom. The molecule has 3 heterocycles. The first-order valence-corrected chi connectivity index (χ1v) is 12.1. The predicted octanol–water partition coefficient (Wildman–Crippen LogP) is 6.90. The Labute approximate surface area is 199 Å². The van der Waals surface area contributed by atoms with Gasteiger partial charge in [-0.25, -0.2) is 9.99 Å². The Hall–Kier alpha value is -2.87. The molecule has 0 bridgehead atoms. The molecule has 0 N–H and O–H groups in total. The quantitative estimate of drug-likeness (QED) is 0.300. The zero-order chi connectivity index (χ0) is 22.1. The van der Waals surface area contributed by atoms with Crippen molar-refractivity contribution < 1.29 is 9.47 Å². The Kier molecular flexibility index (Phi) is 5.87. The van der Waals surface area contributed by atoms with E-state index >= 15 is 0 Å². The summed E-state index contributed by atoms with van der Waals surface area (Å²) >= 11 is 9.33. The number of hydrogen-bond acceptors (Lipinski definition) is 7. The van der Waals surface area contributed by atoms with Crippen LogP contribution in [0.15, 0.2) is 70.5 Å². The molecule has 162 valence electrons. The van der Waals surface area contributed by atoms with Crippen molar-refractivity contribution in [3.05, 3.63) is 80.8 Å². The maximum Gasteiger partial charge on any atom is 0.207 e. The van der Waals surface area contributed by atoms with E-state index in [1.54, 1.807) is 36.9 Å². The first kappa shape index (κ1) is 21.0. The van der Waals surface area contributed by atoms with E-state index in [9.17, 15) is 0 Å². The van der Waals surface area contributed by atoms with Crippen LogP contribution in [-0.2, 0) is 0 Å². The van der Waals surface area contributed by atoms with Crippen molar-refractivity contribution in [3.8, 4) is 22.8 Å². The van der Waals surface area contributed by atoms with E-state index in [0.717, 1.165) is 34.1 Å². The standard InChI is InChI=1S/C24H20ClN3O2S2/c1-29-21-10-7-16(12-22(21)30-2)20-13-18(23-4-3-11-31-23)27-28(20)24-26-19(14-32-24)15-5-8-17(25)9-6-15/h3-12,14,20H,13H2,1-2H3/t20-/m0/s1. The van der Waals surface area contributed by atoms with E-state index in [-0.39, 0.29) is 6.04 Å². The van der Waals surface area contributed by atoms with Gasteiger partial charge >= 0.3 is 0 Å². The lowest BCUT2D eigenvalue weighted by molar-refractivity contribution is 0.354. The number of halogens is 1. The molecule has 4 aromatic rings. The Morgan fingerprint density at radius 1 is 1.00 bits per heavy atom. The molecule has 8 heteroatoms. The minimum atomic E-state index is 0.0103. The molecule has 1 atom stereocenters. The third-order valence-electron chi connectivity index (χ3n) is 5.34.